The fourth-order valence-corrected chi connectivity index (χ4v) is 1.86. The molecule has 0 atom stereocenters. The van der Waals surface area contributed by atoms with Crippen LogP contribution in [0.1, 0.15) is 36.6 Å². The zero-order chi connectivity index (χ0) is 15.2. The molecule has 0 unspecified atom stereocenters. The third-order valence-corrected chi connectivity index (χ3v) is 3.16. The Morgan fingerprint density at radius 1 is 0.857 bits per heavy atom. The highest BCUT2D eigenvalue weighted by atomic mass is 15.0. The highest BCUT2D eigenvalue weighted by molar-refractivity contribution is 5.39. The van der Waals surface area contributed by atoms with Gasteiger partial charge in [0.2, 0.25) is 0 Å². The van der Waals surface area contributed by atoms with Gasteiger partial charge in [0.15, 0.2) is 0 Å². The van der Waals surface area contributed by atoms with Gasteiger partial charge in [-0.15, -0.1) is 0 Å². The van der Waals surface area contributed by atoms with Gasteiger partial charge in [-0.1, -0.05) is 13.8 Å². The number of nitrogens with two attached hydrogens (primary N) is 2. The summed E-state index contributed by atoms with van der Waals surface area (Å²) in [7, 11) is 0. The summed E-state index contributed by atoms with van der Waals surface area (Å²) in [5.74, 6) is 2.54. The Morgan fingerprint density at radius 3 is 1.62 bits per heavy atom. The van der Waals surface area contributed by atoms with Crippen LogP contribution in [0.3, 0.4) is 0 Å². The third kappa shape index (κ3) is 3.85. The Morgan fingerprint density at radius 2 is 1.29 bits per heavy atom. The molecule has 21 heavy (non-hydrogen) atoms. The molecule has 0 amide bonds. The second-order valence-corrected chi connectivity index (χ2v) is 4.70. The van der Waals surface area contributed by atoms with Crippen molar-refractivity contribution in [3.8, 4) is 0 Å². The maximum atomic E-state index is 5.90. The van der Waals surface area contributed by atoms with Crippen LogP contribution in [0, 0.1) is 0 Å². The summed E-state index contributed by atoms with van der Waals surface area (Å²) in [6, 6.07) is 0. The quantitative estimate of drug-likeness (QED) is 0.721. The zero-order valence-electron chi connectivity index (χ0n) is 12.4. The third-order valence-electron chi connectivity index (χ3n) is 3.16. The van der Waals surface area contributed by atoms with Crippen molar-refractivity contribution >= 4 is 11.6 Å². The Labute approximate surface area is 124 Å². The van der Waals surface area contributed by atoms with Crippen molar-refractivity contribution in [2.24, 2.45) is 0 Å². The van der Waals surface area contributed by atoms with E-state index in [1.165, 1.54) is 0 Å². The molecule has 112 valence electrons. The SMILES string of the molecule is CCc1ncc(CNCc2cnc(CC)nc2N)c(N)n1. The van der Waals surface area contributed by atoms with Crippen molar-refractivity contribution in [2.45, 2.75) is 39.8 Å². The number of anilines is 2. The first-order valence-electron chi connectivity index (χ1n) is 7.05. The summed E-state index contributed by atoms with van der Waals surface area (Å²) < 4.78 is 0. The molecule has 0 fully saturated rings. The van der Waals surface area contributed by atoms with Gasteiger partial charge in [0, 0.05) is 49.5 Å². The predicted octanol–water partition coefficient (Wildman–Crippen LogP) is 0.846. The molecule has 0 saturated heterocycles. The Hall–Kier alpha value is -2.28. The largest absolute Gasteiger partial charge is 0.383 e. The molecule has 7 heteroatoms. The predicted molar refractivity (Wildman–Crippen MR) is 82.2 cm³/mol. The first-order valence-corrected chi connectivity index (χ1v) is 7.05. The molecular formula is C14H21N7. The van der Waals surface area contributed by atoms with E-state index >= 15 is 0 Å². The summed E-state index contributed by atoms with van der Waals surface area (Å²) in [6.07, 6.45) is 5.06. The molecule has 2 aromatic rings. The molecule has 0 radical (unpaired) electrons. The first-order chi connectivity index (χ1) is 10.1. The van der Waals surface area contributed by atoms with Crippen molar-refractivity contribution in [1.82, 2.24) is 25.3 Å². The lowest BCUT2D eigenvalue weighted by Crippen LogP contribution is -2.17. The lowest BCUT2D eigenvalue weighted by molar-refractivity contribution is 0.684. The maximum absolute atomic E-state index is 5.90. The van der Waals surface area contributed by atoms with E-state index in [9.17, 15) is 0 Å². The number of hydrogen-bond donors (Lipinski definition) is 3. The summed E-state index contributed by atoms with van der Waals surface area (Å²) in [5.41, 5.74) is 13.6. The summed E-state index contributed by atoms with van der Waals surface area (Å²) >= 11 is 0. The fourth-order valence-electron chi connectivity index (χ4n) is 1.86. The molecule has 5 N–H and O–H groups in total. The lowest BCUT2D eigenvalue weighted by atomic mass is 10.2. The van der Waals surface area contributed by atoms with E-state index in [4.69, 9.17) is 11.5 Å². The monoisotopic (exact) mass is 287 g/mol. The molecule has 0 aliphatic rings. The Kier molecular flexibility index (Phi) is 4.99. The van der Waals surface area contributed by atoms with E-state index in [0.717, 1.165) is 35.6 Å². The topological polar surface area (TPSA) is 116 Å². The summed E-state index contributed by atoms with van der Waals surface area (Å²) in [4.78, 5) is 17.0. The van der Waals surface area contributed by atoms with E-state index in [2.05, 4.69) is 25.3 Å². The molecular weight excluding hydrogens is 266 g/mol. The van der Waals surface area contributed by atoms with Crippen molar-refractivity contribution in [1.29, 1.82) is 0 Å². The van der Waals surface area contributed by atoms with Crippen LogP contribution in [0.25, 0.3) is 0 Å². The van der Waals surface area contributed by atoms with Gasteiger partial charge in [0.05, 0.1) is 0 Å². The molecule has 0 spiro atoms. The molecule has 2 rings (SSSR count). The van der Waals surface area contributed by atoms with E-state index < -0.39 is 0 Å². The van der Waals surface area contributed by atoms with Crippen molar-refractivity contribution in [3.63, 3.8) is 0 Å². The van der Waals surface area contributed by atoms with E-state index in [-0.39, 0.29) is 0 Å². The minimum Gasteiger partial charge on any atom is -0.383 e. The average Bonchev–Trinajstić information content (AvgIpc) is 2.50. The highest BCUT2D eigenvalue weighted by Crippen LogP contribution is 2.10. The van der Waals surface area contributed by atoms with Gasteiger partial charge in [-0.2, -0.15) is 0 Å². The van der Waals surface area contributed by atoms with Crippen LogP contribution in [-0.2, 0) is 25.9 Å². The number of rotatable bonds is 6. The van der Waals surface area contributed by atoms with Crippen molar-refractivity contribution in [3.05, 3.63) is 35.2 Å². The molecule has 0 aliphatic heterocycles. The fraction of sp³-hybridized carbons (Fsp3) is 0.429. The van der Waals surface area contributed by atoms with Crippen LogP contribution in [0.4, 0.5) is 11.6 Å². The minimum absolute atomic E-state index is 0.514. The standard InChI is InChI=1S/C14H21N7/c1-3-11-18-7-9(13(15)20-11)5-17-6-10-8-19-12(4-2)21-14(10)16/h7-8,17H,3-6H2,1-2H3,(H2,15,18,20)(H2,16,19,21). The maximum Gasteiger partial charge on any atom is 0.131 e. The molecule has 0 aliphatic carbocycles. The first kappa shape index (κ1) is 15.1. The molecule has 7 nitrogen and oxygen atoms in total. The van der Waals surface area contributed by atoms with E-state index in [1.807, 2.05) is 13.8 Å². The van der Waals surface area contributed by atoms with Crippen molar-refractivity contribution in [2.75, 3.05) is 11.5 Å². The van der Waals surface area contributed by atoms with Gasteiger partial charge in [-0.25, -0.2) is 19.9 Å². The molecule has 0 saturated carbocycles. The number of nitrogen functional groups attached to an aromatic ring is 2. The molecule has 2 aromatic heterocycles. The lowest BCUT2D eigenvalue weighted by Gasteiger charge is -2.09. The average molecular weight is 287 g/mol. The molecule has 0 aromatic carbocycles. The normalized spacial score (nSPS) is 10.8. The smallest absolute Gasteiger partial charge is 0.131 e. The number of hydrogen-bond acceptors (Lipinski definition) is 7. The zero-order valence-corrected chi connectivity index (χ0v) is 12.4. The van der Waals surface area contributed by atoms with Gasteiger partial charge in [0.1, 0.15) is 23.3 Å². The van der Waals surface area contributed by atoms with E-state index in [0.29, 0.717) is 24.7 Å². The second kappa shape index (κ2) is 6.94. The Balaban J connectivity index is 1.95. The summed E-state index contributed by atoms with van der Waals surface area (Å²) in [6.45, 7) is 5.14. The van der Waals surface area contributed by atoms with Crippen LogP contribution in [0.5, 0.6) is 0 Å². The summed E-state index contributed by atoms with van der Waals surface area (Å²) in [5, 5.41) is 3.25. The van der Waals surface area contributed by atoms with Gasteiger partial charge in [-0.05, 0) is 0 Å². The van der Waals surface area contributed by atoms with Crippen LogP contribution >= 0.6 is 0 Å². The molecule has 0 bridgehead atoms. The van der Waals surface area contributed by atoms with Gasteiger partial charge < -0.3 is 16.8 Å². The van der Waals surface area contributed by atoms with E-state index in [1.54, 1.807) is 12.4 Å². The number of nitrogens with one attached hydrogen (secondary N) is 1. The van der Waals surface area contributed by atoms with Crippen molar-refractivity contribution < 1.29 is 0 Å². The van der Waals surface area contributed by atoms with Crippen LogP contribution in [0.2, 0.25) is 0 Å². The number of aryl methyl sites for hydroxylation is 2. The Bertz CT molecular complexity index is 559. The highest BCUT2D eigenvalue weighted by Gasteiger charge is 2.05. The number of nitrogens with zero attached hydrogens (tertiary/aromatic N) is 4. The van der Waals surface area contributed by atoms with Gasteiger partial charge in [0.25, 0.3) is 0 Å². The van der Waals surface area contributed by atoms with Gasteiger partial charge in [-0.3, -0.25) is 0 Å². The molecule has 2 heterocycles. The van der Waals surface area contributed by atoms with Crippen LogP contribution in [0.15, 0.2) is 12.4 Å². The van der Waals surface area contributed by atoms with Gasteiger partial charge >= 0.3 is 0 Å². The second-order valence-electron chi connectivity index (χ2n) is 4.70. The number of aromatic nitrogens is 4. The van der Waals surface area contributed by atoms with Crippen LogP contribution in [-0.4, -0.2) is 19.9 Å². The minimum atomic E-state index is 0.514. The van der Waals surface area contributed by atoms with Crippen LogP contribution < -0.4 is 16.8 Å².